The Labute approximate surface area is 217 Å². The average Bonchev–Trinajstić information content (AvgIpc) is 3.20. The third kappa shape index (κ3) is 6.96. The fraction of sp³-hybridized carbons (Fsp3) is 0.300. The predicted octanol–water partition coefficient (Wildman–Crippen LogP) is 5.98. The zero-order chi connectivity index (χ0) is 26.2. The molecule has 194 valence electrons. The molecule has 3 aromatic carbocycles. The molecule has 0 bridgehead atoms. The molecule has 4 aromatic rings. The molecule has 0 radical (unpaired) electrons. The highest BCUT2D eigenvalue weighted by atomic mass is 19.1. The van der Waals surface area contributed by atoms with Crippen LogP contribution in [-0.4, -0.2) is 45.6 Å². The maximum absolute atomic E-state index is 13.5. The molecule has 6 nitrogen and oxygen atoms in total. The van der Waals surface area contributed by atoms with E-state index in [1.54, 1.807) is 16.8 Å². The van der Waals surface area contributed by atoms with Crippen LogP contribution in [0.1, 0.15) is 24.5 Å². The minimum atomic E-state index is -0.676. The van der Waals surface area contributed by atoms with Crippen molar-refractivity contribution in [2.45, 2.75) is 32.9 Å². The van der Waals surface area contributed by atoms with E-state index in [2.05, 4.69) is 11.8 Å². The number of aliphatic hydroxyl groups excluding tert-OH is 1. The molecular formula is C30H34FN3O3. The second kappa shape index (κ2) is 12.5. The Morgan fingerprint density at radius 2 is 1.70 bits per heavy atom. The second-order valence-electron chi connectivity index (χ2n) is 9.14. The second-order valence-corrected chi connectivity index (χ2v) is 9.14. The van der Waals surface area contributed by atoms with Crippen LogP contribution < -0.4 is 9.47 Å². The molecule has 37 heavy (non-hydrogen) atoms. The van der Waals surface area contributed by atoms with Gasteiger partial charge in [-0.3, -0.25) is 4.90 Å². The van der Waals surface area contributed by atoms with Gasteiger partial charge in [-0.1, -0.05) is 55.5 Å². The van der Waals surface area contributed by atoms with Gasteiger partial charge < -0.3 is 14.6 Å². The van der Waals surface area contributed by atoms with Crippen molar-refractivity contribution < 1.29 is 19.0 Å². The fourth-order valence-corrected chi connectivity index (χ4v) is 4.29. The zero-order valence-corrected chi connectivity index (χ0v) is 21.6. The highest BCUT2D eigenvalue weighted by molar-refractivity contribution is 5.65. The highest BCUT2D eigenvalue weighted by Gasteiger charge is 2.23. The lowest BCUT2D eigenvalue weighted by Gasteiger charge is -2.25. The van der Waals surface area contributed by atoms with Crippen LogP contribution in [0.25, 0.3) is 11.3 Å². The van der Waals surface area contributed by atoms with Gasteiger partial charge in [-0.2, -0.15) is 5.10 Å². The van der Waals surface area contributed by atoms with E-state index in [0.717, 1.165) is 41.1 Å². The number of aliphatic hydroxyl groups is 1. The van der Waals surface area contributed by atoms with Crippen LogP contribution in [0.2, 0.25) is 0 Å². The topological polar surface area (TPSA) is 59.8 Å². The lowest BCUT2D eigenvalue weighted by molar-refractivity contribution is 0.0652. The van der Waals surface area contributed by atoms with Crippen LogP contribution in [0, 0.1) is 12.7 Å². The molecule has 0 saturated heterocycles. The minimum absolute atomic E-state index is 0.197. The number of rotatable bonds is 12. The summed E-state index contributed by atoms with van der Waals surface area (Å²) in [5.74, 6) is 1.56. The van der Waals surface area contributed by atoms with Crippen molar-refractivity contribution in [3.05, 3.63) is 95.8 Å². The Morgan fingerprint density at radius 1 is 1.00 bits per heavy atom. The summed E-state index contributed by atoms with van der Waals surface area (Å²) in [4.78, 5) is 2.19. The van der Waals surface area contributed by atoms with Crippen molar-refractivity contribution in [1.82, 2.24) is 14.7 Å². The Balaban J connectivity index is 1.57. The largest absolute Gasteiger partial charge is 0.491 e. The van der Waals surface area contributed by atoms with Crippen molar-refractivity contribution in [2.24, 2.45) is 7.05 Å². The van der Waals surface area contributed by atoms with Gasteiger partial charge in [-0.05, 0) is 55.8 Å². The molecule has 0 amide bonds. The summed E-state index contributed by atoms with van der Waals surface area (Å²) >= 11 is 0. The van der Waals surface area contributed by atoms with Crippen molar-refractivity contribution in [2.75, 3.05) is 19.7 Å². The summed E-state index contributed by atoms with van der Waals surface area (Å²) < 4.78 is 27.3. The number of hydrogen-bond donors (Lipinski definition) is 1. The normalized spacial score (nSPS) is 12.1. The first-order chi connectivity index (χ1) is 17.9. The quantitative estimate of drug-likeness (QED) is 0.258. The Kier molecular flexibility index (Phi) is 8.93. The van der Waals surface area contributed by atoms with E-state index in [-0.39, 0.29) is 12.4 Å². The van der Waals surface area contributed by atoms with Crippen LogP contribution in [0.3, 0.4) is 0 Å². The number of hydrogen-bond acceptors (Lipinski definition) is 5. The van der Waals surface area contributed by atoms with Crippen molar-refractivity contribution >= 4 is 0 Å². The van der Waals surface area contributed by atoms with Crippen LogP contribution in [-0.2, 0) is 13.6 Å². The molecule has 0 fully saturated rings. The number of aromatic nitrogens is 2. The lowest BCUT2D eigenvalue weighted by atomic mass is 10.1. The third-order valence-corrected chi connectivity index (χ3v) is 6.08. The van der Waals surface area contributed by atoms with Gasteiger partial charge in [0, 0.05) is 25.7 Å². The van der Waals surface area contributed by atoms with Crippen molar-refractivity contribution in [3.8, 4) is 28.6 Å². The van der Waals surface area contributed by atoms with Gasteiger partial charge in [0.05, 0.1) is 5.56 Å². The van der Waals surface area contributed by atoms with Crippen LogP contribution >= 0.6 is 0 Å². The van der Waals surface area contributed by atoms with E-state index in [4.69, 9.17) is 14.6 Å². The summed E-state index contributed by atoms with van der Waals surface area (Å²) in [5, 5.41) is 15.6. The summed E-state index contributed by atoms with van der Waals surface area (Å²) in [7, 11) is 1.84. The zero-order valence-electron chi connectivity index (χ0n) is 21.6. The molecule has 0 aliphatic heterocycles. The first-order valence-corrected chi connectivity index (χ1v) is 12.6. The number of ether oxygens (including phenoxy) is 2. The van der Waals surface area contributed by atoms with Gasteiger partial charge in [-0.25, -0.2) is 9.07 Å². The minimum Gasteiger partial charge on any atom is -0.491 e. The molecule has 0 spiro atoms. The van der Waals surface area contributed by atoms with E-state index in [1.807, 2.05) is 68.6 Å². The first kappa shape index (κ1) is 26.4. The summed E-state index contributed by atoms with van der Waals surface area (Å²) in [6.07, 6.45) is 0.241. The Morgan fingerprint density at radius 3 is 2.41 bits per heavy atom. The van der Waals surface area contributed by atoms with Crippen LogP contribution in [0.5, 0.6) is 17.4 Å². The number of aryl methyl sites for hydroxylation is 2. The maximum Gasteiger partial charge on any atom is 0.222 e. The Bertz CT molecular complexity index is 1280. The summed E-state index contributed by atoms with van der Waals surface area (Å²) in [6, 6.07) is 23.7. The molecule has 1 heterocycles. The molecule has 1 unspecified atom stereocenters. The summed E-state index contributed by atoms with van der Waals surface area (Å²) in [5.41, 5.74) is 3.72. The molecule has 0 aliphatic carbocycles. The molecular weight excluding hydrogens is 469 g/mol. The molecule has 1 atom stereocenters. The van der Waals surface area contributed by atoms with Gasteiger partial charge in [0.2, 0.25) is 5.88 Å². The molecule has 4 rings (SSSR count). The monoisotopic (exact) mass is 503 g/mol. The molecule has 1 aromatic heterocycles. The van der Waals surface area contributed by atoms with Gasteiger partial charge in [0.25, 0.3) is 0 Å². The molecule has 0 saturated carbocycles. The first-order valence-electron chi connectivity index (χ1n) is 12.6. The number of halogens is 1. The molecule has 7 heteroatoms. The van der Waals surface area contributed by atoms with E-state index in [9.17, 15) is 9.50 Å². The van der Waals surface area contributed by atoms with E-state index >= 15 is 0 Å². The van der Waals surface area contributed by atoms with Gasteiger partial charge in [0.1, 0.15) is 35.7 Å². The van der Waals surface area contributed by atoms with E-state index in [1.165, 1.54) is 12.1 Å². The smallest absolute Gasteiger partial charge is 0.222 e. The van der Waals surface area contributed by atoms with Gasteiger partial charge >= 0.3 is 0 Å². The van der Waals surface area contributed by atoms with E-state index in [0.29, 0.717) is 24.7 Å². The fourth-order valence-electron chi connectivity index (χ4n) is 4.29. The molecule has 0 aliphatic rings. The number of benzene rings is 3. The highest BCUT2D eigenvalue weighted by Crippen LogP contribution is 2.34. The van der Waals surface area contributed by atoms with Gasteiger partial charge in [0.15, 0.2) is 0 Å². The maximum atomic E-state index is 13.5. The number of nitrogens with zero attached hydrogens (tertiary/aromatic N) is 3. The van der Waals surface area contributed by atoms with E-state index < -0.39 is 6.10 Å². The molecule has 1 N–H and O–H groups in total. The predicted molar refractivity (Wildman–Crippen MR) is 143 cm³/mol. The van der Waals surface area contributed by atoms with Crippen LogP contribution in [0.4, 0.5) is 4.39 Å². The lowest BCUT2D eigenvalue weighted by Crippen LogP contribution is -2.36. The summed E-state index contributed by atoms with van der Waals surface area (Å²) in [6.45, 7) is 6.02. The van der Waals surface area contributed by atoms with Gasteiger partial charge in [-0.15, -0.1) is 0 Å². The number of para-hydroxylation sites is 1. The third-order valence-electron chi connectivity index (χ3n) is 6.08. The standard InChI is InChI=1S/C30H34FN3O3/c1-4-18-34(19-25(35)21-36-28-13-9-8-10-22(28)2)20-27-29(23-11-6-5-7-12-23)32-33(3)30(27)37-26-16-14-24(31)15-17-26/h5-17,25,35H,4,18-21H2,1-3H3. The average molecular weight is 504 g/mol. The van der Waals surface area contributed by atoms with Crippen molar-refractivity contribution in [1.29, 1.82) is 0 Å². The van der Waals surface area contributed by atoms with Crippen LogP contribution in [0.15, 0.2) is 78.9 Å². The SMILES string of the molecule is CCCN(Cc1c(-c2ccccc2)nn(C)c1Oc1ccc(F)cc1)CC(O)COc1ccccc1C. The Hall–Kier alpha value is -3.68. The van der Waals surface area contributed by atoms with Crippen molar-refractivity contribution in [3.63, 3.8) is 0 Å².